The fourth-order valence-corrected chi connectivity index (χ4v) is 2.19. The van der Waals surface area contributed by atoms with Crippen molar-refractivity contribution in [1.29, 1.82) is 0 Å². The van der Waals surface area contributed by atoms with Gasteiger partial charge in [0.2, 0.25) is 5.91 Å². The highest BCUT2D eigenvalue weighted by atomic mass is 79.9. The molecule has 1 aromatic rings. The third-order valence-electron chi connectivity index (χ3n) is 2.28. The molecule has 1 N–H and O–H groups in total. The fraction of sp³-hybridized carbons (Fsp3) is 0.462. The Balaban J connectivity index is 2.51. The van der Waals surface area contributed by atoms with E-state index in [1.807, 2.05) is 13.8 Å². The number of benzene rings is 1. The number of hydrogen-bond donors (Lipinski definition) is 1. The van der Waals surface area contributed by atoms with Crippen LogP contribution in [0.25, 0.3) is 0 Å². The lowest BCUT2D eigenvalue weighted by Gasteiger charge is -2.09. The summed E-state index contributed by atoms with van der Waals surface area (Å²) in [6, 6.07) is 6.44. The van der Waals surface area contributed by atoms with E-state index in [9.17, 15) is 4.79 Å². The van der Waals surface area contributed by atoms with Crippen LogP contribution in [-0.4, -0.2) is 11.9 Å². The summed E-state index contributed by atoms with van der Waals surface area (Å²) < 4.78 is 1.09. The molecule has 0 bridgehead atoms. The molecule has 16 heavy (non-hydrogen) atoms. The molecule has 0 aliphatic rings. The highest BCUT2D eigenvalue weighted by Crippen LogP contribution is 2.19. The zero-order chi connectivity index (χ0) is 12.1. The van der Waals surface area contributed by atoms with E-state index in [4.69, 9.17) is 0 Å². The molecule has 0 fully saturated rings. The van der Waals surface area contributed by atoms with Gasteiger partial charge in [0.05, 0.1) is 0 Å². The fourth-order valence-electron chi connectivity index (χ4n) is 1.50. The molecule has 1 rings (SSSR count). The second kappa shape index (κ2) is 6.04. The van der Waals surface area contributed by atoms with Crippen LogP contribution < -0.4 is 5.32 Å². The van der Waals surface area contributed by atoms with E-state index in [1.54, 1.807) is 0 Å². The summed E-state index contributed by atoms with van der Waals surface area (Å²) in [5, 5.41) is 2.89. The van der Waals surface area contributed by atoms with Gasteiger partial charge in [-0.2, -0.15) is 0 Å². The van der Waals surface area contributed by atoms with Crippen molar-refractivity contribution in [3.8, 4) is 0 Å². The number of carbonyl (C=O) groups excluding carboxylic acids is 1. The zero-order valence-corrected chi connectivity index (χ0v) is 11.6. The molecule has 1 aromatic carbocycles. The maximum Gasteiger partial charge on any atom is 0.220 e. The Labute approximate surface area is 106 Å². The molecule has 0 saturated carbocycles. The van der Waals surface area contributed by atoms with Crippen LogP contribution in [-0.2, 0) is 11.2 Å². The van der Waals surface area contributed by atoms with E-state index in [1.165, 1.54) is 11.1 Å². The van der Waals surface area contributed by atoms with Crippen LogP contribution in [0.3, 0.4) is 0 Å². The molecule has 0 radical (unpaired) electrons. The van der Waals surface area contributed by atoms with Gasteiger partial charge < -0.3 is 5.32 Å². The van der Waals surface area contributed by atoms with Crippen molar-refractivity contribution in [3.05, 3.63) is 33.8 Å². The summed E-state index contributed by atoms with van der Waals surface area (Å²) in [4.78, 5) is 11.5. The molecular formula is C13H18BrNO. The first-order valence-electron chi connectivity index (χ1n) is 5.53. The van der Waals surface area contributed by atoms with Crippen LogP contribution in [0.5, 0.6) is 0 Å². The first kappa shape index (κ1) is 13.2. The Bertz CT molecular complexity index is 374. The van der Waals surface area contributed by atoms with Crippen molar-refractivity contribution >= 4 is 21.8 Å². The van der Waals surface area contributed by atoms with Crippen molar-refractivity contribution in [2.45, 2.75) is 39.7 Å². The largest absolute Gasteiger partial charge is 0.354 e. The van der Waals surface area contributed by atoms with Crippen molar-refractivity contribution in [2.75, 3.05) is 0 Å². The Kier molecular flexibility index (Phi) is 5.00. The summed E-state index contributed by atoms with van der Waals surface area (Å²) in [5.41, 5.74) is 2.41. The van der Waals surface area contributed by atoms with Crippen molar-refractivity contribution in [2.24, 2.45) is 0 Å². The van der Waals surface area contributed by atoms with Gasteiger partial charge in [0.15, 0.2) is 0 Å². The topological polar surface area (TPSA) is 29.1 Å². The molecule has 0 aromatic heterocycles. The number of aryl methyl sites for hydroxylation is 2. The maximum atomic E-state index is 11.5. The van der Waals surface area contributed by atoms with E-state index in [2.05, 4.69) is 46.4 Å². The van der Waals surface area contributed by atoms with Crippen LogP contribution in [0.2, 0.25) is 0 Å². The average Bonchev–Trinajstić information content (AvgIpc) is 2.15. The lowest BCUT2D eigenvalue weighted by molar-refractivity contribution is -0.121. The number of amides is 1. The minimum absolute atomic E-state index is 0.113. The summed E-state index contributed by atoms with van der Waals surface area (Å²) in [6.07, 6.45) is 1.32. The summed E-state index contributed by atoms with van der Waals surface area (Å²) in [7, 11) is 0. The highest BCUT2D eigenvalue weighted by Gasteiger charge is 2.05. The summed E-state index contributed by atoms with van der Waals surface area (Å²) in [5.74, 6) is 0.113. The normalized spacial score (nSPS) is 10.6. The maximum absolute atomic E-state index is 11.5. The molecule has 0 saturated heterocycles. The van der Waals surface area contributed by atoms with Gasteiger partial charge >= 0.3 is 0 Å². The zero-order valence-electron chi connectivity index (χ0n) is 10.0. The standard InChI is InChI=1S/C13H18BrNO/c1-9(2)15-13(16)7-6-11-5-4-10(3)8-12(11)14/h4-5,8-9H,6-7H2,1-3H3,(H,15,16). The lowest BCUT2D eigenvalue weighted by atomic mass is 10.1. The Morgan fingerprint density at radius 2 is 2.12 bits per heavy atom. The van der Waals surface area contributed by atoms with Gasteiger partial charge in [-0.3, -0.25) is 4.79 Å². The number of nitrogens with one attached hydrogen (secondary N) is 1. The van der Waals surface area contributed by atoms with Crippen LogP contribution in [0.1, 0.15) is 31.4 Å². The Morgan fingerprint density at radius 1 is 1.44 bits per heavy atom. The second-order valence-corrected chi connectivity index (χ2v) is 5.17. The highest BCUT2D eigenvalue weighted by molar-refractivity contribution is 9.10. The first-order chi connectivity index (χ1) is 7.49. The number of halogens is 1. The molecule has 0 unspecified atom stereocenters. The molecule has 1 amide bonds. The van der Waals surface area contributed by atoms with Crippen molar-refractivity contribution in [3.63, 3.8) is 0 Å². The molecule has 0 aliphatic heterocycles. The number of hydrogen-bond acceptors (Lipinski definition) is 1. The summed E-state index contributed by atoms with van der Waals surface area (Å²) in [6.45, 7) is 6.00. The SMILES string of the molecule is Cc1ccc(CCC(=O)NC(C)C)c(Br)c1. The van der Waals surface area contributed by atoms with E-state index in [0.717, 1.165) is 10.9 Å². The third-order valence-corrected chi connectivity index (χ3v) is 3.02. The van der Waals surface area contributed by atoms with Crippen molar-refractivity contribution < 1.29 is 4.79 Å². The molecule has 88 valence electrons. The first-order valence-corrected chi connectivity index (χ1v) is 6.32. The minimum atomic E-state index is 0.113. The lowest BCUT2D eigenvalue weighted by Crippen LogP contribution is -2.30. The van der Waals surface area contributed by atoms with Crippen molar-refractivity contribution in [1.82, 2.24) is 5.32 Å². The molecule has 0 atom stereocenters. The van der Waals surface area contributed by atoms with Gasteiger partial charge in [0, 0.05) is 16.9 Å². The van der Waals surface area contributed by atoms with Crippen LogP contribution in [0, 0.1) is 6.92 Å². The van der Waals surface area contributed by atoms with Gasteiger partial charge in [0.1, 0.15) is 0 Å². The predicted molar refractivity (Wildman–Crippen MR) is 70.5 cm³/mol. The summed E-state index contributed by atoms with van der Waals surface area (Å²) >= 11 is 3.52. The molecular weight excluding hydrogens is 266 g/mol. The number of rotatable bonds is 4. The van der Waals surface area contributed by atoms with Gasteiger partial charge in [-0.1, -0.05) is 28.1 Å². The van der Waals surface area contributed by atoms with Crippen LogP contribution in [0.15, 0.2) is 22.7 Å². The molecule has 2 nitrogen and oxygen atoms in total. The average molecular weight is 284 g/mol. The number of carbonyl (C=O) groups is 1. The predicted octanol–water partition coefficient (Wildman–Crippen LogP) is 3.21. The van der Waals surface area contributed by atoms with Gasteiger partial charge in [-0.25, -0.2) is 0 Å². The quantitative estimate of drug-likeness (QED) is 0.903. The van der Waals surface area contributed by atoms with Crippen LogP contribution >= 0.6 is 15.9 Å². The van der Waals surface area contributed by atoms with E-state index < -0.39 is 0 Å². The molecule has 0 aliphatic carbocycles. The monoisotopic (exact) mass is 283 g/mol. The van der Waals surface area contributed by atoms with E-state index >= 15 is 0 Å². The minimum Gasteiger partial charge on any atom is -0.354 e. The van der Waals surface area contributed by atoms with Gasteiger partial charge in [-0.05, 0) is 44.4 Å². The third kappa shape index (κ3) is 4.35. The van der Waals surface area contributed by atoms with Gasteiger partial charge in [0.25, 0.3) is 0 Å². The van der Waals surface area contributed by atoms with E-state index in [0.29, 0.717) is 6.42 Å². The Hall–Kier alpha value is -0.830. The molecule has 0 spiro atoms. The van der Waals surface area contributed by atoms with E-state index in [-0.39, 0.29) is 11.9 Å². The Morgan fingerprint density at radius 3 is 2.69 bits per heavy atom. The second-order valence-electron chi connectivity index (χ2n) is 4.32. The smallest absolute Gasteiger partial charge is 0.220 e. The van der Waals surface area contributed by atoms with Gasteiger partial charge in [-0.15, -0.1) is 0 Å². The molecule has 3 heteroatoms. The van der Waals surface area contributed by atoms with Crippen LogP contribution in [0.4, 0.5) is 0 Å². The molecule has 0 heterocycles.